The Labute approximate surface area is 137 Å². The maximum Gasteiger partial charge on any atom is 0.341 e. The van der Waals surface area contributed by atoms with Gasteiger partial charge in [0.25, 0.3) is 0 Å². The average molecular weight is 324 g/mol. The van der Waals surface area contributed by atoms with Crippen LogP contribution in [0.15, 0.2) is 18.2 Å². The number of hydrogen-bond donors (Lipinski definition) is 0. The van der Waals surface area contributed by atoms with E-state index in [2.05, 4.69) is 13.8 Å². The minimum Gasteiger partial charge on any atom is -0.459 e. The van der Waals surface area contributed by atoms with Gasteiger partial charge in [0.15, 0.2) is 0 Å². The largest absolute Gasteiger partial charge is 0.459 e. The Kier molecular flexibility index (Phi) is 7.72. The fraction of sp³-hybridized carbons (Fsp3) is 0.556. The lowest BCUT2D eigenvalue weighted by molar-refractivity contribution is -0.131. The summed E-state index contributed by atoms with van der Waals surface area (Å²) in [5.74, 6) is -1.33. The highest BCUT2D eigenvalue weighted by atomic mass is 19.1. The Hall–Kier alpha value is -1.91. The Morgan fingerprint density at radius 1 is 1.17 bits per heavy atom. The van der Waals surface area contributed by atoms with E-state index in [1.807, 2.05) is 6.92 Å². The Balaban J connectivity index is 2.61. The van der Waals surface area contributed by atoms with Crippen molar-refractivity contribution in [2.24, 2.45) is 5.92 Å². The molecule has 0 heterocycles. The van der Waals surface area contributed by atoms with Gasteiger partial charge in [-0.05, 0) is 37.8 Å². The van der Waals surface area contributed by atoms with E-state index in [9.17, 15) is 14.0 Å². The van der Waals surface area contributed by atoms with Crippen molar-refractivity contribution in [2.75, 3.05) is 0 Å². The summed E-state index contributed by atoms with van der Waals surface area (Å²) in [5.41, 5.74) is -0.157. The molecule has 0 fully saturated rings. The number of rotatable bonds is 8. The fourth-order valence-electron chi connectivity index (χ4n) is 2.36. The van der Waals surface area contributed by atoms with Crippen LogP contribution in [0.3, 0.4) is 0 Å². The maximum atomic E-state index is 13.9. The van der Waals surface area contributed by atoms with Crippen molar-refractivity contribution in [3.63, 3.8) is 0 Å². The molecule has 0 aliphatic heterocycles. The van der Waals surface area contributed by atoms with Gasteiger partial charge >= 0.3 is 11.9 Å². The Bertz CT molecular complexity index is 538. The van der Waals surface area contributed by atoms with Crippen LogP contribution in [-0.4, -0.2) is 18.0 Å². The van der Waals surface area contributed by atoms with Crippen LogP contribution in [0.4, 0.5) is 4.39 Å². The number of benzene rings is 1. The monoisotopic (exact) mass is 324 g/mol. The summed E-state index contributed by atoms with van der Waals surface area (Å²) in [6, 6.07) is 3.65. The summed E-state index contributed by atoms with van der Waals surface area (Å²) in [5, 5.41) is 0. The van der Waals surface area contributed by atoms with E-state index in [1.54, 1.807) is 0 Å². The maximum absolute atomic E-state index is 13.9. The minimum atomic E-state index is -0.763. The number of carbonyl (C=O) groups is 2. The third-order valence-electron chi connectivity index (χ3n) is 3.87. The van der Waals surface area contributed by atoms with Gasteiger partial charge in [-0.3, -0.25) is 4.79 Å². The van der Waals surface area contributed by atoms with Gasteiger partial charge in [-0.25, -0.2) is 9.18 Å². The van der Waals surface area contributed by atoms with Crippen LogP contribution in [0.1, 0.15) is 63.7 Å². The Morgan fingerprint density at radius 3 is 2.35 bits per heavy atom. The molecule has 1 atom stereocenters. The molecule has 0 aromatic heterocycles. The molecule has 1 aromatic rings. The van der Waals surface area contributed by atoms with Gasteiger partial charge in [0.1, 0.15) is 11.6 Å². The second-order valence-electron chi connectivity index (χ2n) is 5.71. The molecule has 0 spiro atoms. The van der Waals surface area contributed by atoms with Gasteiger partial charge in [-0.15, -0.1) is 0 Å². The molecule has 0 saturated heterocycles. The zero-order valence-corrected chi connectivity index (χ0v) is 14.2. The first-order chi connectivity index (χ1) is 10.9. The molecule has 0 bridgehead atoms. The first-order valence-electron chi connectivity index (χ1n) is 8.06. The highest BCUT2D eigenvalue weighted by Crippen LogP contribution is 2.20. The van der Waals surface area contributed by atoms with Crippen molar-refractivity contribution in [3.05, 3.63) is 29.6 Å². The molecule has 1 rings (SSSR count). The van der Waals surface area contributed by atoms with Crippen molar-refractivity contribution < 1.29 is 23.5 Å². The van der Waals surface area contributed by atoms with Gasteiger partial charge in [-0.1, -0.05) is 26.7 Å². The molecule has 1 aromatic carbocycles. The topological polar surface area (TPSA) is 52.6 Å². The number of hydrogen-bond acceptors (Lipinski definition) is 4. The zero-order chi connectivity index (χ0) is 17.4. The van der Waals surface area contributed by atoms with E-state index in [-0.39, 0.29) is 17.4 Å². The summed E-state index contributed by atoms with van der Waals surface area (Å²) in [6.07, 6.45) is 3.67. The highest BCUT2D eigenvalue weighted by molar-refractivity contribution is 5.90. The predicted molar refractivity (Wildman–Crippen MR) is 85.9 cm³/mol. The van der Waals surface area contributed by atoms with Gasteiger partial charge < -0.3 is 9.47 Å². The molecule has 0 unspecified atom stereocenters. The summed E-state index contributed by atoms with van der Waals surface area (Å²) in [7, 11) is 0. The lowest BCUT2D eigenvalue weighted by Gasteiger charge is -2.17. The van der Waals surface area contributed by atoms with Crippen LogP contribution in [0.5, 0.6) is 5.75 Å². The molecule has 0 saturated carbocycles. The van der Waals surface area contributed by atoms with E-state index in [0.29, 0.717) is 5.92 Å². The van der Waals surface area contributed by atoms with Crippen molar-refractivity contribution in [3.8, 4) is 5.75 Å². The molecule has 5 heteroatoms. The fourth-order valence-corrected chi connectivity index (χ4v) is 2.36. The van der Waals surface area contributed by atoms with Gasteiger partial charge in [0.2, 0.25) is 0 Å². The van der Waals surface area contributed by atoms with Crippen molar-refractivity contribution in [1.82, 2.24) is 0 Å². The van der Waals surface area contributed by atoms with Gasteiger partial charge in [-0.2, -0.15) is 0 Å². The lowest BCUT2D eigenvalue weighted by Crippen LogP contribution is -2.17. The highest BCUT2D eigenvalue weighted by Gasteiger charge is 2.18. The van der Waals surface area contributed by atoms with Gasteiger partial charge in [0, 0.05) is 13.0 Å². The van der Waals surface area contributed by atoms with E-state index >= 15 is 0 Å². The van der Waals surface area contributed by atoms with Crippen LogP contribution in [-0.2, 0) is 9.53 Å². The van der Waals surface area contributed by atoms with E-state index in [1.165, 1.54) is 19.1 Å². The number of carbonyl (C=O) groups excluding carboxylic acids is 2. The molecule has 0 aliphatic rings. The summed E-state index contributed by atoms with van der Waals surface area (Å²) in [6.45, 7) is 7.32. The summed E-state index contributed by atoms with van der Waals surface area (Å²) in [4.78, 5) is 22.9. The summed E-state index contributed by atoms with van der Waals surface area (Å²) >= 11 is 0. The molecule has 0 radical (unpaired) electrons. The summed E-state index contributed by atoms with van der Waals surface area (Å²) < 4.78 is 24.0. The first kappa shape index (κ1) is 19.1. The van der Waals surface area contributed by atoms with Crippen LogP contribution in [0.25, 0.3) is 0 Å². The molecule has 4 nitrogen and oxygen atoms in total. The molecule has 0 amide bonds. The van der Waals surface area contributed by atoms with E-state index in [4.69, 9.17) is 9.47 Å². The second kappa shape index (κ2) is 9.28. The third-order valence-corrected chi connectivity index (χ3v) is 3.87. The van der Waals surface area contributed by atoms with Gasteiger partial charge in [0.05, 0.1) is 11.7 Å². The molecular weight excluding hydrogens is 299 g/mol. The van der Waals surface area contributed by atoms with Crippen LogP contribution in [0.2, 0.25) is 0 Å². The smallest absolute Gasteiger partial charge is 0.341 e. The average Bonchev–Trinajstić information content (AvgIpc) is 2.47. The van der Waals surface area contributed by atoms with Crippen molar-refractivity contribution in [1.29, 1.82) is 0 Å². The number of esters is 2. The normalized spacial score (nSPS) is 12.1. The molecular formula is C18H25FO4. The molecule has 128 valence electrons. The standard InChI is InChI=1S/C18H25FO4/c1-5-14(6-2)8-7-12(3)22-18(21)16-10-9-15(11-17(16)19)23-13(4)20/h9-12,14H,5-8H2,1-4H3/t12-/m1/s1. The van der Waals surface area contributed by atoms with Crippen LogP contribution in [0, 0.1) is 11.7 Å². The van der Waals surface area contributed by atoms with E-state index in [0.717, 1.165) is 31.7 Å². The lowest BCUT2D eigenvalue weighted by atomic mass is 9.96. The van der Waals surface area contributed by atoms with Crippen molar-refractivity contribution in [2.45, 2.75) is 59.5 Å². The first-order valence-corrected chi connectivity index (χ1v) is 8.06. The molecule has 0 N–H and O–H groups in total. The molecule has 0 aliphatic carbocycles. The number of ether oxygens (including phenoxy) is 2. The second-order valence-corrected chi connectivity index (χ2v) is 5.71. The van der Waals surface area contributed by atoms with Crippen molar-refractivity contribution >= 4 is 11.9 Å². The predicted octanol–water partition coefficient (Wildman–Crippen LogP) is 4.51. The minimum absolute atomic E-state index is 0.0633. The molecule has 23 heavy (non-hydrogen) atoms. The number of halogens is 1. The SMILES string of the molecule is CCC(CC)CC[C@@H](C)OC(=O)c1ccc(OC(C)=O)cc1F. The van der Waals surface area contributed by atoms with Crippen LogP contribution >= 0.6 is 0 Å². The third kappa shape index (κ3) is 6.38. The van der Waals surface area contributed by atoms with E-state index < -0.39 is 17.8 Å². The quantitative estimate of drug-likeness (QED) is 0.521. The zero-order valence-electron chi connectivity index (χ0n) is 14.2. The Morgan fingerprint density at radius 2 is 1.83 bits per heavy atom. The van der Waals surface area contributed by atoms with Crippen LogP contribution < -0.4 is 4.74 Å².